The summed E-state index contributed by atoms with van der Waals surface area (Å²) < 4.78 is 16.7. The summed E-state index contributed by atoms with van der Waals surface area (Å²) >= 11 is 0. The Morgan fingerprint density at radius 3 is 2.62 bits per heavy atom. The predicted octanol–water partition coefficient (Wildman–Crippen LogP) is 3.91. The van der Waals surface area contributed by atoms with E-state index in [1.165, 1.54) is 0 Å². The molecular weight excluding hydrogens is 332 g/mol. The van der Waals surface area contributed by atoms with Gasteiger partial charge in [0.05, 0.1) is 17.8 Å². The number of hydrogen-bond acceptors (Lipinski definition) is 4. The van der Waals surface area contributed by atoms with Crippen molar-refractivity contribution in [2.45, 2.75) is 26.3 Å². The Morgan fingerprint density at radius 2 is 1.85 bits per heavy atom. The van der Waals surface area contributed by atoms with Gasteiger partial charge in [-0.2, -0.15) is 0 Å². The lowest BCUT2D eigenvalue weighted by Gasteiger charge is -2.29. The average Bonchev–Trinajstić information content (AvgIpc) is 2.62. The van der Waals surface area contributed by atoms with Crippen molar-refractivity contribution in [3.05, 3.63) is 48.0 Å². The van der Waals surface area contributed by atoms with E-state index in [4.69, 9.17) is 14.2 Å². The molecular formula is C20H24N2O4. The van der Waals surface area contributed by atoms with Crippen LogP contribution >= 0.6 is 0 Å². The highest BCUT2D eigenvalue weighted by molar-refractivity contribution is 5.91. The van der Waals surface area contributed by atoms with Gasteiger partial charge in [0, 0.05) is 0 Å². The third-order valence-corrected chi connectivity index (χ3v) is 4.12. The van der Waals surface area contributed by atoms with E-state index in [2.05, 4.69) is 10.6 Å². The van der Waals surface area contributed by atoms with Gasteiger partial charge in [-0.15, -0.1) is 0 Å². The van der Waals surface area contributed by atoms with Gasteiger partial charge in [-0.05, 0) is 50.6 Å². The summed E-state index contributed by atoms with van der Waals surface area (Å²) in [4.78, 5) is 12.5. The van der Waals surface area contributed by atoms with Crippen LogP contribution in [-0.2, 0) is 5.54 Å². The van der Waals surface area contributed by atoms with E-state index >= 15 is 0 Å². The van der Waals surface area contributed by atoms with Crippen LogP contribution in [0.1, 0.15) is 26.3 Å². The summed E-state index contributed by atoms with van der Waals surface area (Å²) in [5.74, 6) is 2.07. The maximum Gasteiger partial charge on any atom is 0.320 e. The number of anilines is 1. The van der Waals surface area contributed by atoms with E-state index in [0.717, 1.165) is 11.3 Å². The molecule has 0 aliphatic carbocycles. The SMILES string of the molecule is CCOc1ccccc1NC(=O)NC(C)(C)c1ccc2c(c1)OCCO2. The Labute approximate surface area is 153 Å². The zero-order valence-electron chi connectivity index (χ0n) is 15.3. The lowest BCUT2D eigenvalue weighted by molar-refractivity contribution is 0.171. The first-order valence-corrected chi connectivity index (χ1v) is 8.71. The summed E-state index contributed by atoms with van der Waals surface area (Å²) in [6.07, 6.45) is 0. The molecule has 0 bridgehead atoms. The second-order valence-electron chi connectivity index (χ2n) is 6.49. The standard InChI is InChI=1S/C20H24N2O4/c1-4-24-16-8-6-5-7-15(16)21-19(23)22-20(2,3)14-9-10-17-18(13-14)26-12-11-25-17/h5-10,13H,4,11-12H2,1-3H3,(H2,21,22,23). The van der Waals surface area contributed by atoms with E-state index in [0.29, 0.717) is 37.0 Å². The van der Waals surface area contributed by atoms with E-state index < -0.39 is 5.54 Å². The van der Waals surface area contributed by atoms with E-state index in [9.17, 15) is 4.79 Å². The fourth-order valence-corrected chi connectivity index (χ4v) is 2.79. The van der Waals surface area contributed by atoms with Crippen molar-refractivity contribution in [1.29, 1.82) is 0 Å². The molecule has 1 aliphatic rings. The molecule has 0 spiro atoms. The fraction of sp³-hybridized carbons (Fsp3) is 0.350. The monoisotopic (exact) mass is 356 g/mol. The van der Waals surface area contributed by atoms with E-state index in [-0.39, 0.29) is 6.03 Å². The molecule has 26 heavy (non-hydrogen) atoms. The third kappa shape index (κ3) is 4.02. The van der Waals surface area contributed by atoms with Crippen LogP contribution in [0, 0.1) is 0 Å². The Bertz CT molecular complexity index is 789. The zero-order valence-corrected chi connectivity index (χ0v) is 15.3. The largest absolute Gasteiger partial charge is 0.492 e. The Hall–Kier alpha value is -2.89. The van der Waals surface area contributed by atoms with Crippen molar-refractivity contribution in [1.82, 2.24) is 5.32 Å². The summed E-state index contributed by atoms with van der Waals surface area (Å²) in [5.41, 5.74) is 0.959. The first-order chi connectivity index (χ1) is 12.5. The topological polar surface area (TPSA) is 68.8 Å². The van der Waals surface area contributed by atoms with Crippen LogP contribution in [0.4, 0.5) is 10.5 Å². The lowest BCUT2D eigenvalue weighted by Crippen LogP contribution is -2.43. The summed E-state index contributed by atoms with van der Waals surface area (Å²) in [5, 5.41) is 5.85. The molecule has 2 amide bonds. The van der Waals surface area contributed by atoms with Gasteiger partial charge < -0.3 is 24.8 Å². The van der Waals surface area contributed by atoms with Crippen molar-refractivity contribution in [2.75, 3.05) is 25.1 Å². The molecule has 0 atom stereocenters. The average molecular weight is 356 g/mol. The van der Waals surface area contributed by atoms with Crippen LogP contribution < -0.4 is 24.8 Å². The molecule has 138 valence electrons. The molecule has 0 aromatic heterocycles. The number of amides is 2. The molecule has 0 fully saturated rings. The fourth-order valence-electron chi connectivity index (χ4n) is 2.79. The highest BCUT2D eigenvalue weighted by Gasteiger charge is 2.25. The number of rotatable bonds is 5. The maximum atomic E-state index is 12.5. The lowest BCUT2D eigenvalue weighted by atomic mass is 9.94. The summed E-state index contributed by atoms with van der Waals surface area (Å²) in [6.45, 7) is 7.39. The first-order valence-electron chi connectivity index (χ1n) is 8.71. The summed E-state index contributed by atoms with van der Waals surface area (Å²) in [6, 6.07) is 12.8. The minimum atomic E-state index is -0.597. The number of para-hydroxylation sites is 2. The van der Waals surface area contributed by atoms with Crippen molar-refractivity contribution in [3.8, 4) is 17.2 Å². The number of nitrogens with one attached hydrogen (secondary N) is 2. The molecule has 1 heterocycles. The van der Waals surface area contributed by atoms with E-state index in [1.807, 2.05) is 63.2 Å². The molecule has 2 aromatic carbocycles. The van der Waals surface area contributed by atoms with E-state index in [1.54, 1.807) is 0 Å². The Morgan fingerprint density at radius 1 is 1.12 bits per heavy atom. The van der Waals surface area contributed by atoms with Gasteiger partial charge in [-0.3, -0.25) is 0 Å². The maximum absolute atomic E-state index is 12.5. The smallest absolute Gasteiger partial charge is 0.320 e. The van der Waals surface area contributed by atoms with Crippen molar-refractivity contribution < 1.29 is 19.0 Å². The number of hydrogen-bond donors (Lipinski definition) is 2. The normalized spacial score (nSPS) is 13.0. The quantitative estimate of drug-likeness (QED) is 0.852. The third-order valence-electron chi connectivity index (χ3n) is 4.12. The molecule has 0 saturated carbocycles. The number of benzene rings is 2. The van der Waals surface area contributed by atoms with Crippen LogP contribution in [0.2, 0.25) is 0 Å². The van der Waals surface area contributed by atoms with Crippen LogP contribution in [0.5, 0.6) is 17.2 Å². The number of fused-ring (bicyclic) bond motifs is 1. The molecule has 1 aliphatic heterocycles. The van der Waals surface area contributed by atoms with Gasteiger partial charge >= 0.3 is 6.03 Å². The molecule has 3 rings (SSSR count). The second-order valence-corrected chi connectivity index (χ2v) is 6.49. The Kier molecular flexibility index (Phi) is 5.21. The van der Waals surface area contributed by atoms with Gasteiger partial charge in [0.1, 0.15) is 19.0 Å². The molecule has 6 nitrogen and oxygen atoms in total. The molecule has 2 aromatic rings. The van der Waals surface area contributed by atoms with Crippen LogP contribution in [0.25, 0.3) is 0 Å². The van der Waals surface area contributed by atoms with Gasteiger partial charge in [0.25, 0.3) is 0 Å². The van der Waals surface area contributed by atoms with Gasteiger partial charge in [-0.25, -0.2) is 4.79 Å². The second kappa shape index (κ2) is 7.56. The van der Waals surface area contributed by atoms with Gasteiger partial charge in [0.15, 0.2) is 11.5 Å². The predicted molar refractivity (Wildman–Crippen MR) is 100 cm³/mol. The van der Waals surface area contributed by atoms with Crippen LogP contribution in [0.3, 0.4) is 0 Å². The number of urea groups is 1. The van der Waals surface area contributed by atoms with Crippen LogP contribution in [-0.4, -0.2) is 25.9 Å². The first kappa shape index (κ1) is 17.9. The molecule has 6 heteroatoms. The minimum Gasteiger partial charge on any atom is -0.492 e. The van der Waals surface area contributed by atoms with Gasteiger partial charge in [0.2, 0.25) is 0 Å². The van der Waals surface area contributed by atoms with Crippen molar-refractivity contribution >= 4 is 11.7 Å². The molecule has 2 N–H and O–H groups in total. The summed E-state index contributed by atoms with van der Waals surface area (Å²) in [7, 11) is 0. The number of carbonyl (C=O) groups is 1. The highest BCUT2D eigenvalue weighted by Crippen LogP contribution is 2.34. The highest BCUT2D eigenvalue weighted by atomic mass is 16.6. The molecule has 0 unspecified atom stereocenters. The minimum absolute atomic E-state index is 0.308. The molecule has 0 radical (unpaired) electrons. The van der Waals surface area contributed by atoms with Crippen molar-refractivity contribution in [3.63, 3.8) is 0 Å². The molecule has 0 saturated heterocycles. The number of ether oxygens (including phenoxy) is 3. The van der Waals surface area contributed by atoms with Crippen LogP contribution in [0.15, 0.2) is 42.5 Å². The zero-order chi connectivity index (χ0) is 18.6. The van der Waals surface area contributed by atoms with Crippen molar-refractivity contribution in [2.24, 2.45) is 0 Å². The van der Waals surface area contributed by atoms with Gasteiger partial charge in [-0.1, -0.05) is 18.2 Å². The Balaban J connectivity index is 1.72. The number of carbonyl (C=O) groups excluding carboxylic acids is 1.